The monoisotopic (exact) mass is 576 g/mol. The molecule has 3 amide bonds. The van der Waals surface area contributed by atoms with E-state index in [0.717, 1.165) is 0 Å². The minimum absolute atomic E-state index is 0.156. The average molecular weight is 577 g/mol. The third-order valence-electron chi connectivity index (χ3n) is 6.96. The zero-order chi connectivity index (χ0) is 28.3. The van der Waals surface area contributed by atoms with Gasteiger partial charge in [0.2, 0.25) is 0 Å². The standard InChI is InChI=1S/C28H31Cl2FN4O4/c1-4-34-22(16-33-12-13-35(17(3)15-33)26(36)18-8-6-9-19(31)14-18)23(27(37)39-5-2)25(32-28(34)38)20-10-7-11-21(29)24(20)30/h6-11,14,17,25H,4-5,12-13,15-16H2,1-3H3,(H,32,38)/t17-,25-/m1/s1. The number of benzene rings is 2. The topological polar surface area (TPSA) is 82.2 Å². The van der Waals surface area contributed by atoms with Crippen LogP contribution in [-0.2, 0) is 9.53 Å². The molecule has 2 atom stereocenters. The quantitative estimate of drug-likeness (QED) is 0.475. The van der Waals surface area contributed by atoms with Crippen molar-refractivity contribution in [3.8, 4) is 0 Å². The minimum atomic E-state index is -0.853. The fraction of sp³-hybridized carbons (Fsp3) is 0.393. The number of likely N-dealkylation sites (N-methyl/N-ethyl adjacent to an activating group) is 1. The van der Waals surface area contributed by atoms with Crippen molar-refractivity contribution >= 4 is 41.1 Å². The molecule has 2 aromatic carbocycles. The van der Waals surface area contributed by atoms with E-state index < -0.39 is 17.8 Å². The second-order valence-electron chi connectivity index (χ2n) is 9.44. The lowest BCUT2D eigenvalue weighted by Gasteiger charge is -2.43. The maximum absolute atomic E-state index is 13.7. The predicted molar refractivity (Wildman–Crippen MR) is 147 cm³/mol. The molecule has 39 heavy (non-hydrogen) atoms. The van der Waals surface area contributed by atoms with Crippen LogP contribution in [0.4, 0.5) is 9.18 Å². The van der Waals surface area contributed by atoms with Crippen molar-refractivity contribution in [1.82, 2.24) is 20.0 Å². The number of piperazine rings is 1. The highest BCUT2D eigenvalue weighted by atomic mass is 35.5. The Hall–Kier alpha value is -3.14. The van der Waals surface area contributed by atoms with Crippen LogP contribution in [0.3, 0.4) is 0 Å². The maximum atomic E-state index is 13.7. The summed E-state index contributed by atoms with van der Waals surface area (Å²) in [4.78, 5) is 45.0. The van der Waals surface area contributed by atoms with Crippen LogP contribution < -0.4 is 5.32 Å². The largest absolute Gasteiger partial charge is 0.463 e. The van der Waals surface area contributed by atoms with E-state index in [4.69, 9.17) is 27.9 Å². The van der Waals surface area contributed by atoms with Crippen LogP contribution in [0.1, 0.15) is 42.7 Å². The molecule has 0 radical (unpaired) electrons. The SMILES string of the molecule is CCOC(=O)C1=C(CN2CCN(C(=O)c3cccc(F)c3)[C@H](C)C2)N(CC)C(=O)N[C@@H]1c1cccc(Cl)c1Cl. The molecular weight excluding hydrogens is 546 g/mol. The number of ether oxygens (including phenoxy) is 1. The van der Waals surface area contributed by atoms with Crippen molar-refractivity contribution in [1.29, 1.82) is 0 Å². The number of carbonyl (C=O) groups excluding carboxylic acids is 3. The third-order valence-corrected chi connectivity index (χ3v) is 7.79. The number of halogens is 3. The van der Waals surface area contributed by atoms with Gasteiger partial charge in [-0.25, -0.2) is 14.0 Å². The Morgan fingerprint density at radius 3 is 2.54 bits per heavy atom. The number of nitrogens with one attached hydrogen (secondary N) is 1. The number of esters is 1. The molecule has 0 saturated carbocycles. The number of amides is 3. The molecule has 2 aliphatic heterocycles. The van der Waals surface area contributed by atoms with Crippen LogP contribution in [0.25, 0.3) is 0 Å². The third kappa shape index (κ3) is 6.05. The molecule has 1 N–H and O–H groups in total. The van der Waals surface area contributed by atoms with E-state index in [1.807, 2.05) is 13.8 Å². The summed E-state index contributed by atoms with van der Waals surface area (Å²) in [5, 5.41) is 3.44. The van der Waals surface area contributed by atoms with Crippen LogP contribution in [-0.4, -0.2) is 78.0 Å². The highest BCUT2D eigenvalue weighted by Gasteiger charge is 2.40. The number of hydrogen-bond donors (Lipinski definition) is 1. The molecule has 11 heteroatoms. The maximum Gasteiger partial charge on any atom is 0.338 e. The van der Waals surface area contributed by atoms with Crippen LogP contribution in [0.5, 0.6) is 0 Å². The van der Waals surface area contributed by atoms with Crippen molar-refractivity contribution in [3.63, 3.8) is 0 Å². The minimum Gasteiger partial charge on any atom is -0.463 e. The normalized spacial score (nSPS) is 20.2. The lowest BCUT2D eigenvalue weighted by atomic mass is 9.93. The van der Waals surface area contributed by atoms with Gasteiger partial charge in [-0.2, -0.15) is 0 Å². The second-order valence-corrected chi connectivity index (χ2v) is 10.2. The fourth-order valence-corrected chi connectivity index (χ4v) is 5.53. The summed E-state index contributed by atoms with van der Waals surface area (Å²) >= 11 is 12.8. The molecule has 2 heterocycles. The lowest BCUT2D eigenvalue weighted by molar-refractivity contribution is -0.139. The Kier molecular flexibility index (Phi) is 9.15. The van der Waals surface area contributed by atoms with E-state index in [2.05, 4.69) is 10.2 Å². The number of hydrogen-bond acceptors (Lipinski definition) is 5. The molecular formula is C28H31Cl2FN4O4. The first kappa shape index (κ1) is 28.9. The summed E-state index contributed by atoms with van der Waals surface area (Å²) in [6.07, 6.45) is 0. The van der Waals surface area contributed by atoms with Gasteiger partial charge in [-0.05, 0) is 50.6 Å². The second kappa shape index (κ2) is 12.4. The Balaban J connectivity index is 1.66. The molecule has 2 aromatic rings. The van der Waals surface area contributed by atoms with Gasteiger partial charge in [0.05, 0.1) is 28.3 Å². The summed E-state index contributed by atoms with van der Waals surface area (Å²) in [5.41, 5.74) is 1.59. The first-order valence-corrected chi connectivity index (χ1v) is 13.6. The Labute approximate surface area is 237 Å². The zero-order valence-electron chi connectivity index (χ0n) is 22.0. The van der Waals surface area contributed by atoms with Gasteiger partial charge in [0.15, 0.2) is 0 Å². The average Bonchev–Trinajstić information content (AvgIpc) is 2.90. The van der Waals surface area contributed by atoms with Gasteiger partial charge >= 0.3 is 12.0 Å². The number of carbonyl (C=O) groups is 3. The van der Waals surface area contributed by atoms with Gasteiger partial charge in [0.1, 0.15) is 5.82 Å². The summed E-state index contributed by atoms with van der Waals surface area (Å²) in [7, 11) is 0. The van der Waals surface area contributed by atoms with Gasteiger partial charge in [-0.15, -0.1) is 0 Å². The van der Waals surface area contributed by atoms with Crippen molar-refractivity contribution < 1.29 is 23.5 Å². The van der Waals surface area contributed by atoms with Crippen LogP contribution in [0, 0.1) is 5.82 Å². The van der Waals surface area contributed by atoms with Crippen LogP contribution in [0.2, 0.25) is 10.0 Å². The highest BCUT2D eigenvalue weighted by molar-refractivity contribution is 6.42. The van der Waals surface area contributed by atoms with Crippen LogP contribution >= 0.6 is 23.2 Å². The van der Waals surface area contributed by atoms with Gasteiger partial charge in [-0.3, -0.25) is 14.6 Å². The molecule has 0 unspecified atom stereocenters. The summed E-state index contributed by atoms with van der Waals surface area (Å²) in [6.45, 7) is 7.61. The van der Waals surface area contributed by atoms with E-state index in [1.54, 1.807) is 36.1 Å². The fourth-order valence-electron chi connectivity index (χ4n) is 5.11. The molecule has 8 nitrogen and oxygen atoms in total. The Morgan fingerprint density at radius 1 is 1.13 bits per heavy atom. The van der Waals surface area contributed by atoms with Crippen molar-refractivity contribution in [3.05, 3.63) is 80.7 Å². The summed E-state index contributed by atoms with van der Waals surface area (Å²) in [5.74, 6) is -1.26. The summed E-state index contributed by atoms with van der Waals surface area (Å²) in [6, 6.07) is 9.31. The van der Waals surface area contributed by atoms with Crippen molar-refractivity contribution in [2.45, 2.75) is 32.9 Å². The predicted octanol–water partition coefficient (Wildman–Crippen LogP) is 4.88. The first-order chi connectivity index (χ1) is 18.7. The smallest absolute Gasteiger partial charge is 0.338 e. The molecule has 1 saturated heterocycles. The van der Waals surface area contributed by atoms with Gasteiger partial charge < -0.3 is 15.0 Å². The number of rotatable bonds is 7. The van der Waals surface area contributed by atoms with E-state index in [0.29, 0.717) is 48.0 Å². The van der Waals surface area contributed by atoms with Gasteiger partial charge in [0.25, 0.3) is 5.91 Å². The number of nitrogens with zero attached hydrogens (tertiary/aromatic N) is 3. The molecule has 1 fully saturated rings. The Morgan fingerprint density at radius 2 is 1.87 bits per heavy atom. The van der Waals surface area contributed by atoms with E-state index in [9.17, 15) is 18.8 Å². The molecule has 0 bridgehead atoms. The van der Waals surface area contributed by atoms with E-state index >= 15 is 0 Å². The van der Waals surface area contributed by atoms with Crippen molar-refractivity contribution in [2.75, 3.05) is 39.3 Å². The Bertz CT molecular complexity index is 1300. The van der Waals surface area contributed by atoms with E-state index in [-0.39, 0.29) is 41.7 Å². The zero-order valence-corrected chi connectivity index (χ0v) is 23.6. The molecule has 0 aliphatic carbocycles. The van der Waals surface area contributed by atoms with Gasteiger partial charge in [-0.1, -0.05) is 41.4 Å². The lowest BCUT2D eigenvalue weighted by Crippen LogP contribution is -2.56. The van der Waals surface area contributed by atoms with Crippen LogP contribution in [0.15, 0.2) is 53.7 Å². The molecule has 0 spiro atoms. The summed E-state index contributed by atoms with van der Waals surface area (Å²) < 4.78 is 19.1. The molecule has 2 aliphatic rings. The first-order valence-electron chi connectivity index (χ1n) is 12.9. The molecule has 208 valence electrons. The number of urea groups is 1. The molecule has 4 rings (SSSR count). The highest BCUT2D eigenvalue weighted by Crippen LogP contribution is 2.38. The van der Waals surface area contributed by atoms with E-state index in [1.165, 1.54) is 23.1 Å². The van der Waals surface area contributed by atoms with Gasteiger partial charge in [0, 0.05) is 50.0 Å². The molecule has 0 aromatic heterocycles. The van der Waals surface area contributed by atoms with Crippen molar-refractivity contribution in [2.24, 2.45) is 0 Å².